The monoisotopic (exact) mass is 371 g/mol. The van der Waals surface area contributed by atoms with Gasteiger partial charge in [-0.2, -0.15) is 9.57 Å². The maximum atomic E-state index is 12.8. The SMILES string of the molecule is CCOc1ccc(S(=O)(=O)N2CCN(c3ccccc3C#N)CC2)cc1. The molecule has 6 nitrogen and oxygen atoms in total. The summed E-state index contributed by atoms with van der Waals surface area (Å²) in [6, 6.07) is 16.1. The maximum absolute atomic E-state index is 12.8. The first-order chi connectivity index (χ1) is 12.6. The highest BCUT2D eigenvalue weighted by Gasteiger charge is 2.29. The second kappa shape index (κ2) is 7.77. The number of hydrogen-bond donors (Lipinski definition) is 0. The third-order valence-corrected chi connectivity index (χ3v) is 6.29. The molecule has 0 amide bonds. The first-order valence-corrected chi connectivity index (χ1v) is 9.97. The summed E-state index contributed by atoms with van der Waals surface area (Å²) in [6.07, 6.45) is 0. The molecule has 1 saturated heterocycles. The van der Waals surface area contributed by atoms with Crippen molar-refractivity contribution in [2.75, 3.05) is 37.7 Å². The summed E-state index contributed by atoms with van der Waals surface area (Å²) in [5.74, 6) is 0.657. The topological polar surface area (TPSA) is 73.6 Å². The zero-order chi connectivity index (χ0) is 18.6. The predicted octanol–water partition coefficient (Wildman–Crippen LogP) is 2.47. The Bertz CT molecular complexity index is 896. The van der Waals surface area contributed by atoms with E-state index in [0.29, 0.717) is 44.1 Å². The minimum atomic E-state index is -3.53. The molecule has 0 aliphatic carbocycles. The zero-order valence-electron chi connectivity index (χ0n) is 14.6. The van der Waals surface area contributed by atoms with Crippen LogP contribution in [0.4, 0.5) is 5.69 Å². The van der Waals surface area contributed by atoms with Crippen LogP contribution in [0.5, 0.6) is 5.75 Å². The van der Waals surface area contributed by atoms with Crippen LogP contribution in [0, 0.1) is 11.3 Å². The molecule has 0 N–H and O–H groups in total. The number of hydrogen-bond acceptors (Lipinski definition) is 5. The van der Waals surface area contributed by atoms with Crippen molar-refractivity contribution in [1.29, 1.82) is 5.26 Å². The second-order valence-electron chi connectivity index (χ2n) is 5.92. The molecular formula is C19H21N3O3S. The fraction of sp³-hybridized carbons (Fsp3) is 0.316. The van der Waals surface area contributed by atoms with Crippen LogP contribution in [0.2, 0.25) is 0 Å². The van der Waals surface area contributed by atoms with Gasteiger partial charge in [0.1, 0.15) is 11.8 Å². The van der Waals surface area contributed by atoms with E-state index in [0.717, 1.165) is 5.69 Å². The average Bonchev–Trinajstić information content (AvgIpc) is 2.69. The third-order valence-electron chi connectivity index (χ3n) is 4.38. The van der Waals surface area contributed by atoms with Crippen molar-refractivity contribution in [3.63, 3.8) is 0 Å². The molecule has 0 unspecified atom stereocenters. The van der Waals surface area contributed by atoms with Gasteiger partial charge in [-0.05, 0) is 43.3 Å². The molecule has 0 saturated carbocycles. The third kappa shape index (κ3) is 3.66. The van der Waals surface area contributed by atoms with Gasteiger partial charge in [-0.15, -0.1) is 0 Å². The Morgan fingerprint density at radius 1 is 1.04 bits per heavy atom. The van der Waals surface area contributed by atoms with Crippen LogP contribution in [-0.4, -0.2) is 45.5 Å². The van der Waals surface area contributed by atoms with E-state index >= 15 is 0 Å². The first-order valence-electron chi connectivity index (χ1n) is 8.53. The lowest BCUT2D eigenvalue weighted by Gasteiger charge is -2.35. The Morgan fingerprint density at radius 2 is 1.69 bits per heavy atom. The molecule has 1 heterocycles. The van der Waals surface area contributed by atoms with E-state index in [1.165, 1.54) is 4.31 Å². The number of nitriles is 1. The molecule has 2 aromatic rings. The van der Waals surface area contributed by atoms with Crippen molar-refractivity contribution in [3.8, 4) is 11.8 Å². The van der Waals surface area contributed by atoms with Crippen LogP contribution in [0.25, 0.3) is 0 Å². The molecule has 7 heteroatoms. The van der Waals surface area contributed by atoms with Crippen molar-refractivity contribution < 1.29 is 13.2 Å². The molecule has 2 aromatic carbocycles. The lowest BCUT2D eigenvalue weighted by atomic mass is 10.1. The first kappa shape index (κ1) is 18.2. The summed E-state index contributed by atoms with van der Waals surface area (Å²) in [6.45, 7) is 4.29. The van der Waals surface area contributed by atoms with E-state index in [-0.39, 0.29) is 4.90 Å². The smallest absolute Gasteiger partial charge is 0.243 e. The lowest BCUT2D eigenvalue weighted by Crippen LogP contribution is -2.48. The number of piperazine rings is 1. The van der Waals surface area contributed by atoms with Crippen LogP contribution in [0.15, 0.2) is 53.4 Å². The largest absolute Gasteiger partial charge is 0.494 e. The molecule has 26 heavy (non-hydrogen) atoms. The van der Waals surface area contributed by atoms with E-state index in [1.54, 1.807) is 30.3 Å². The van der Waals surface area contributed by atoms with Gasteiger partial charge in [0, 0.05) is 26.2 Å². The summed E-state index contributed by atoms with van der Waals surface area (Å²) in [5.41, 5.74) is 1.46. The molecule has 0 radical (unpaired) electrons. The highest BCUT2D eigenvalue weighted by Crippen LogP contribution is 2.24. The van der Waals surface area contributed by atoms with Crippen LogP contribution in [0.1, 0.15) is 12.5 Å². The van der Waals surface area contributed by atoms with E-state index in [1.807, 2.05) is 25.1 Å². The normalized spacial score (nSPS) is 15.5. The Balaban J connectivity index is 1.71. The Kier molecular flexibility index (Phi) is 5.45. The van der Waals surface area contributed by atoms with Crippen molar-refractivity contribution in [2.24, 2.45) is 0 Å². The van der Waals surface area contributed by atoms with E-state index in [2.05, 4.69) is 11.0 Å². The van der Waals surface area contributed by atoms with Crippen molar-refractivity contribution in [3.05, 3.63) is 54.1 Å². The Hall–Kier alpha value is -2.56. The molecule has 0 atom stereocenters. The second-order valence-corrected chi connectivity index (χ2v) is 7.86. The van der Waals surface area contributed by atoms with Crippen LogP contribution in [0.3, 0.4) is 0 Å². The van der Waals surface area contributed by atoms with Gasteiger partial charge >= 0.3 is 0 Å². The maximum Gasteiger partial charge on any atom is 0.243 e. The minimum Gasteiger partial charge on any atom is -0.494 e. The van der Waals surface area contributed by atoms with Crippen LogP contribution in [-0.2, 0) is 10.0 Å². The molecular weight excluding hydrogens is 350 g/mol. The van der Waals surface area contributed by atoms with E-state index in [9.17, 15) is 13.7 Å². The van der Waals surface area contributed by atoms with E-state index < -0.39 is 10.0 Å². The van der Waals surface area contributed by atoms with Gasteiger partial charge in [-0.25, -0.2) is 8.42 Å². The number of nitrogens with zero attached hydrogens (tertiary/aromatic N) is 3. The Morgan fingerprint density at radius 3 is 2.31 bits per heavy atom. The van der Waals surface area contributed by atoms with Crippen LogP contribution >= 0.6 is 0 Å². The van der Waals surface area contributed by atoms with Crippen molar-refractivity contribution in [2.45, 2.75) is 11.8 Å². The number of ether oxygens (including phenoxy) is 1. The number of para-hydroxylation sites is 1. The summed E-state index contributed by atoms with van der Waals surface area (Å²) < 4.78 is 32.5. The number of rotatable bonds is 5. The standard InChI is InChI=1S/C19H21N3O3S/c1-2-25-17-7-9-18(10-8-17)26(23,24)22-13-11-21(12-14-22)19-6-4-3-5-16(19)15-20/h3-10H,2,11-14H2,1H3. The van der Waals surface area contributed by atoms with Gasteiger partial charge < -0.3 is 9.64 Å². The molecule has 0 aromatic heterocycles. The van der Waals surface area contributed by atoms with Gasteiger partial charge in [0.05, 0.1) is 22.8 Å². The fourth-order valence-corrected chi connectivity index (χ4v) is 4.46. The predicted molar refractivity (Wildman–Crippen MR) is 99.7 cm³/mol. The van der Waals surface area contributed by atoms with E-state index in [4.69, 9.17) is 4.74 Å². The highest BCUT2D eigenvalue weighted by molar-refractivity contribution is 7.89. The molecule has 3 rings (SSSR count). The van der Waals surface area contributed by atoms with Gasteiger partial charge in [0.25, 0.3) is 0 Å². The molecule has 0 bridgehead atoms. The van der Waals surface area contributed by atoms with Gasteiger partial charge in [0.2, 0.25) is 10.0 Å². The number of sulfonamides is 1. The summed E-state index contributed by atoms with van der Waals surface area (Å²) in [4.78, 5) is 2.33. The van der Waals surface area contributed by atoms with Crippen molar-refractivity contribution >= 4 is 15.7 Å². The molecule has 0 spiro atoms. The summed E-state index contributed by atoms with van der Waals surface area (Å²) in [5, 5.41) is 9.25. The number of anilines is 1. The van der Waals surface area contributed by atoms with Crippen LogP contribution < -0.4 is 9.64 Å². The van der Waals surface area contributed by atoms with Crippen molar-refractivity contribution in [1.82, 2.24) is 4.31 Å². The summed E-state index contributed by atoms with van der Waals surface area (Å²) >= 11 is 0. The summed E-state index contributed by atoms with van der Waals surface area (Å²) in [7, 11) is -3.53. The minimum absolute atomic E-state index is 0.270. The molecule has 1 aliphatic heterocycles. The molecule has 136 valence electrons. The lowest BCUT2D eigenvalue weighted by molar-refractivity contribution is 0.340. The average molecular weight is 371 g/mol. The Labute approximate surface area is 154 Å². The van der Waals surface area contributed by atoms with Gasteiger partial charge in [-0.3, -0.25) is 0 Å². The highest BCUT2D eigenvalue weighted by atomic mass is 32.2. The number of benzene rings is 2. The van der Waals surface area contributed by atoms with Gasteiger partial charge in [-0.1, -0.05) is 12.1 Å². The zero-order valence-corrected chi connectivity index (χ0v) is 15.4. The molecule has 1 aliphatic rings. The van der Waals surface area contributed by atoms with Gasteiger partial charge in [0.15, 0.2) is 0 Å². The molecule has 1 fully saturated rings. The quantitative estimate of drug-likeness (QED) is 0.807. The fourth-order valence-electron chi connectivity index (χ4n) is 3.04.